The van der Waals surface area contributed by atoms with Crippen LogP contribution in [-0.4, -0.2) is 22.7 Å². The molecule has 1 amide bonds. The number of rotatable bonds is 3. The molecule has 0 radical (unpaired) electrons. The summed E-state index contributed by atoms with van der Waals surface area (Å²) in [5.74, 6) is -1.23. The van der Waals surface area contributed by atoms with E-state index in [0.717, 1.165) is 0 Å². The van der Waals surface area contributed by atoms with Crippen LogP contribution in [0.2, 0.25) is 0 Å². The van der Waals surface area contributed by atoms with Gasteiger partial charge in [-0.15, -0.1) is 0 Å². The average Bonchev–Trinajstić information content (AvgIpc) is 2.84. The SMILES string of the molecule is CC1=NN(c2ccccc2)C(=O)C1=Cc1cccc(C(=O)O)c1. The molecule has 23 heavy (non-hydrogen) atoms. The largest absolute Gasteiger partial charge is 0.478 e. The van der Waals surface area contributed by atoms with E-state index < -0.39 is 5.97 Å². The molecule has 1 aliphatic rings. The Labute approximate surface area is 133 Å². The van der Waals surface area contributed by atoms with Gasteiger partial charge in [-0.2, -0.15) is 10.1 Å². The minimum atomic E-state index is -1.00. The maximum absolute atomic E-state index is 12.6. The van der Waals surface area contributed by atoms with E-state index in [1.165, 1.54) is 17.1 Å². The molecule has 0 bridgehead atoms. The summed E-state index contributed by atoms with van der Waals surface area (Å²) < 4.78 is 0. The van der Waals surface area contributed by atoms with Crippen molar-refractivity contribution in [1.29, 1.82) is 0 Å². The lowest BCUT2D eigenvalue weighted by Gasteiger charge is -2.11. The fraction of sp³-hybridized carbons (Fsp3) is 0.0556. The molecule has 0 fully saturated rings. The van der Waals surface area contributed by atoms with Crippen molar-refractivity contribution in [2.24, 2.45) is 5.10 Å². The van der Waals surface area contributed by atoms with E-state index in [1.54, 1.807) is 25.1 Å². The number of benzene rings is 2. The number of carboxylic acid groups (broad SMARTS) is 1. The van der Waals surface area contributed by atoms with Gasteiger partial charge in [0.2, 0.25) is 0 Å². The van der Waals surface area contributed by atoms with Crippen LogP contribution in [0.5, 0.6) is 0 Å². The van der Waals surface area contributed by atoms with Crippen molar-refractivity contribution in [1.82, 2.24) is 0 Å². The van der Waals surface area contributed by atoms with Gasteiger partial charge in [0.25, 0.3) is 5.91 Å². The first kappa shape index (κ1) is 14.7. The van der Waals surface area contributed by atoms with E-state index in [2.05, 4.69) is 5.10 Å². The number of anilines is 1. The lowest BCUT2D eigenvalue weighted by atomic mass is 10.1. The normalized spacial score (nSPS) is 15.9. The Bertz CT molecular complexity index is 838. The van der Waals surface area contributed by atoms with Crippen molar-refractivity contribution >= 4 is 29.4 Å². The molecule has 0 unspecified atom stereocenters. The molecule has 5 heteroatoms. The highest BCUT2D eigenvalue weighted by molar-refractivity contribution is 6.32. The molecule has 2 aromatic carbocycles. The third-order valence-electron chi connectivity index (χ3n) is 3.51. The summed E-state index contributed by atoms with van der Waals surface area (Å²) in [6, 6.07) is 15.6. The van der Waals surface area contributed by atoms with E-state index >= 15 is 0 Å². The highest BCUT2D eigenvalue weighted by Gasteiger charge is 2.28. The van der Waals surface area contributed by atoms with Crippen LogP contribution in [0.3, 0.4) is 0 Å². The Balaban J connectivity index is 1.95. The van der Waals surface area contributed by atoms with E-state index in [4.69, 9.17) is 5.11 Å². The van der Waals surface area contributed by atoms with Crippen LogP contribution in [0.4, 0.5) is 5.69 Å². The summed E-state index contributed by atoms with van der Waals surface area (Å²) in [7, 11) is 0. The molecule has 0 atom stereocenters. The number of hydrogen-bond acceptors (Lipinski definition) is 3. The van der Waals surface area contributed by atoms with Crippen LogP contribution in [-0.2, 0) is 4.79 Å². The molecule has 1 aliphatic heterocycles. The first-order valence-corrected chi connectivity index (χ1v) is 7.06. The summed E-state index contributed by atoms with van der Waals surface area (Å²) in [6.07, 6.45) is 1.66. The fourth-order valence-corrected chi connectivity index (χ4v) is 2.36. The molecule has 2 aromatic rings. The van der Waals surface area contributed by atoms with Crippen molar-refractivity contribution in [2.45, 2.75) is 6.92 Å². The van der Waals surface area contributed by atoms with Gasteiger partial charge in [-0.3, -0.25) is 4.79 Å². The van der Waals surface area contributed by atoms with Crippen LogP contribution < -0.4 is 5.01 Å². The number of amides is 1. The minimum absolute atomic E-state index is 0.180. The summed E-state index contributed by atoms with van der Waals surface area (Å²) in [5, 5.41) is 14.7. The number of hydrogen-bond donors (Lipinski definition) is 1. The Morgan fingerprint density at radius 2 is 1.87 bits per heavy atom. The van der Waals surface area contributed by atoms with Crippen LogP contribution >= 0.6 is 0 Å². The van der Waals surface area contributed by atoms with Gasteiger partial charge >= 0.3 is 5.97 Å². The maximum Gasteiger partial charge on any atom is 0.335 e. The van der Waals surface area contributed by atoms with E-state index in [0.29, 0.717) is 22.5 Å². The van der Waals surface area contributed by atoms with Crippen molar-refractivity contribution in [3.05, 3.63) is 71.3 Å². The first-order valence-electron chi connectivity index (χ1n) is 7.06. The van der Waals surface area contributed by atoms with E-state index in [-0.39, 0.29) is 11.5 Å². The van der Waals surface area contributed by atoms with Gasteiger partial charge in [-0.25, -0.2) is 4.79 Å². The third-order valence-corrected chi connectivity index (χ3v) is 3.51. The molecule has 0 aliphatic carbocycles. The molecule has 114 valence electrons. The Morgan fingerprint density at radius 3 is 2.57 bits per heavy atom. The van der Waals surface area contributed by atoms with Crippen molar-refractivity contribution in [3.63, 3.8) is 0 Å². The molecule has 0 spiro atoms. The zero-order chi connectivity index (χ0) is 16.4. The smallest absolute Gasteiger partial charge is 0.335 e. The highest BCUT2D eigenvalue weighted by Crippen LogP contribution is 2.24. The monoisotopic (exact) mass is 306 g/mol. The summed E-state index contributed by atoms with van der Waals surface area (Å²) in [4.78, 5) is 23.6. The number of nitrogens with zero attached hydrogens (tertiary/aromatic N) is 2. The number of hydrazone groups is 1. The second-order valence-corrected chi connectivity index (χ2v) is 5.13. The Kier molecular flexibility index (Phi) is 3.76. The lowest BCUT2D eigenvalue weighted by molar-refractivity contribution is -0.114. The van der Waals surface area contributed by atoms with Gasteiger partial charge in [-0.05, 0) is 42.8 Å². The predicted molar refractivity (Wildman–Crippen MR) is 88.4 cm³/mol. The lowest BCUT2D eigenvalue weighted by Crippen LogP contribution is -2.21. The summed E-state index contributed by atoms with van der Waals surface area (Å²) in [6.45, 7) is 1.76. The predicted octanol–water partition coefficient (Wildman–Crippen LogP) is 3.19. The van der Waals surface area contributed by atoms with Gasteiger partial charge in [0, 0.05) is 0 Å². The van der Waals surface area contributed by atoms with Gasteiger partial charge in [0.05, 0.1) is 22.5 Å². The topological polar surface area (TPSA) is 70.0 Å². The molecular weight excluding hydrogens is 292 g/mol. The molecule has 3 rings (SSSR count). The Hall–Kier alpha value is -3.21. The molecule has 0 saturated carbocycles. The van der Waals surface area contributed by atoms with E-state index in [1.807, 2.05) is 30.3 Å². The number of para-hydroxylation sites is 1. The van der Waals surface area contributed by atoms with Gasteiger partial charge in [0.1, 0.15) is 0 Å². The second-order valence-electron chi connectivity index (χ2n) is 5.13. The van der Waals surface area contributed by atoms with Crippen molar-refractivity contribution < 1.29 is 14.7 Å². The van der Waals surface area contributed by atoms with Crippen LogP contribution in [0, 0.1) is 0 Å². The average molecular weight is 306 g/mol. The highest BCUT2D eigenvalue weighted by atomic mass is 16.4. The van der Waals surface area contributed by atoms with Crippen LogP contribution in [0.25, 0.3) is 6.08 Å². The number of aromatic carboxylic acids is 1. The second kappa shape index (κ2) is 5.88. The first-order chi connectivity index (χ1) is 11.1. The number of carbonyl (C=O) groups is 2. The van der Waals surface area contributed by atoms with Crippen LogP contribution in [0.15, 0.2) is 65.3 Å². The van der Waals surface area contributed by atoms with Gasteiger partial charge in [0.15, 0.2) is 0 Å². The van der Waals surface area contributed by atoms with Crippen molar-refractivity contribution in [3.8, 4) is 0 Å². The van der Waals surface area contributed by atoms with E-state index in [9.17, 15) is 9.59 Å². The quantitative estimate of drug-likeness (QED) is 0.885. The fourth-order valence-electron chi connectivity index (χ4n) is 2.36. The van der Waals surface area contributed by atoms with Gasteiger partial charge < -0.3 is 5.11 Å². The summed E-state index contributed by atoms with van der Waals surface area (Å²) >= 11 is 0. The maximum atomic E-state index is 12.6. The summed E-state index contributed by atoms with van der Waals surface area (Å²) in [5.41, 5.74) is 2.58. The third kappa shape index (κ3) is 2.89. The van der Waals surface area contributed by atoms with Crippen LogP contribution in [0.1, 0.15) is 22.8 Å². The zero-order valence-electron chi connectivity index (χ0n) is 12.4. The Morgan fingerprint density at radius 1 is 1.13 bits per heavy atom. The molecule has 0 saturated heterocycles. The van der Waals surface area contributed by atoms with Gasteiger partial charge in [-0.1, -0.05) is 30.3 Å². The molecule has 1 N–H and O–H groups in total. The molecule has 0 aromatic heterocycles. The minimum Gasteiger partial charge on any atom is -0.478 e. The molecule has 1 heterocycles. The molecule has 5 nitrogen and oxygen atoms in total. The number of carbonyl (C=O) groups excluding carboxylic acids is 1. The number of carboxylic acids is 1. The molecular formula is C18H14N2O3. The standard InChI is InChI=1S/C18H14N2O3/c1-12-16(11-13-6-5-7-14(10-13)18(22)23)17(21)20(19-12)15-8-3-2-4-9-15/h2-11H,1H3,(H,22,23). The van der Waals surface area contributed by atoms with Crippen molar-refractivity contribution in [2.75, 3.05) is 5.01 Å². The zero-order valence-corrected chi connectivity index (χ0v) is 12.4.